The Balaban J connectivity index is 2.21. The van der Waals surface area contributed by atoms with Crippen LogP contribution in [0.2, 0.25) is 0 Å². The highest BCUT2D eigenvalue weighted by Gasteiger charge is 2.17. The van der Waals surface area contributed by atoms with E-state index in [0.29, 0.717) is 10.2 Å². The molecule has 102 valence electrons. The topological polar surface area (TPSA) is 101 Å². The number of anilines is 1. The average Bonchev–Trinajstić information content (AvgIpc) is 2.72. The number of rotatable bonds is 4. The summed E-state index contributed by atoms with van der Waals surface area (Å²) in [4.78, 5) is 0.155. The number of nitrogen functional groups attached to an aromatic ring is 1. The molecule has 0 aliphatic heterocycles. The summed E-state index contributed by atoms with van der Waals surface area (Å²) in [7, 11) is -3.59. The van der Waals surface area contributed by atoms with E-state index in [0.717, 1.165) is 11.3 Å². The third kappa shape index (κ3) is 3.14. The van der Waals surface area contributed by atoms with Crippen LogP contribution in [0.1, 0.15) is 11.3 Å². The van der Waals surface area contributed by atoms with Crippen molar-refractivity contribution in [1.82, 2.24) is 14.9 Å². The zero-order chi connectivity index (χ0) is 14.0. The van der Waals surface area contributed by atoms with Gasteiger partial charge in [-0.05, 0) is 41.1 Å². The summed E-state index contributed by atoms with van der Waals surface area (Å²) in [6, 6.07) is 4.56. The molecule has 0 radical (unpaired) electrons. The molecule has 6 nitrogen and oxygen atoms in total. The molecule has 0 atom stereocenters. The molecular formula is C11H13BrN4O2S. The summed E-state index contributed by atoms with van der Waals surface area (Å²) >= 11 is 3.20. The summed E-state index contributed by atoms with van der Waals surface area (Å²) in [5, 5.41) is 6.59. The summed E-state index contributed by atoms with van der Waals surface area (Å²) < 4.78 is 27.3. The molecular weight excluding hydrogens is 332 g/mol. The van der Waals surface area contributed by atoms with Gasteiger partial charge in [-0.2, -0.15) is 5.10 Å². The van der Waals surface area contributed by atoms with E-state index >= 15 is 0 Å². The molecule has 1 aromatic heterocycles. The van der Waals surface area contributed by atoms with Gasteiger partial charge in [0.1, 0.15) is 0 Å². The van der Waals surface area contributed by atoms with Gasteiger partial charge in [0.15, 0.2) is 0 Å². The number of H-pyrrole nitrogens is 1. The van der Waals surface area contributed by atoms with Crippen LogP contribution in [0.25, 0.3) is 0 Å². The summed E-state index contributed by atoms with van der Waals surface area (Å²) in [6.07, 6.45) is 1.59. The Kier molecular flexibility index (Phi) is 3.93. The van der Waals surface area contributed by atoms with Crippen LogP contribution in [0.3, 0.4) is 0 Å². The predicted molar refractivity (Wildman–Crippen MR) is 75.9 cm³/mol. The fourth-order valence-electron chi connectivity index (χ4n) is 1.54. The van der Waals surface area contributed by atoms with Crippen molar-refractivity contribution in [2.24, 2.45) is 0 Å². The first-order chi connectivity index (χ1) is 8.90. The van der Waals surface area contributed by atoms with Gasteiger partial charge in [-0.25, -0.2) is 13.1 Å². The van der Waals surface area contributed by atoms with Gasteiger partial charge in [-0.3, -0.25) is 5.10 Å². The highest BCUT2D eigenvalue weighted by molar-refractivity contribution is 9.10. The molecule has 0 bridgehead atoms. The molecule has 0 saturated heterocycles. The van der Waals surface area contributed by atoms with Gasteiger partial charge in [0.25, 0.3) is 0 Å². The molecule has 0 aliphatic rings. The smallest absolute Gasteiger partial charge is 0.241 e. The summed E-state index contributed by atoms with van der Waals surface area (Å²) in [6.45, 7) is 2.01. The summed E-state index contributed by atoms with van der Waals surface area (Å²) in [5.74, 6) is 0. The molecule has 1 aromatic carbocycles. The molecule has 4 N–H and O–H groups in total. The van der Waals surface area contributed by atoms with Crippen LogP contribution in [0.4, 0.5) is 5.69 Å². The minimum atomic E-state index is -3.59. The lowest BCUT2D eigenvalue weighted by Crippen LogP contribution is -2.23. The first-order valence-electron chi connectivity index (χ1n) is 5.43. The molecule has 19 heavy (non-hydrogen) atoms. The van der Waals surface area contributed by atoms with Crippen molar-refractivity contribution in [2.75, 3.05) is 5.73 Å². The highest BCUT2D eigenvalue weighted by atomic mass is 79.9. The van der Waals surface area contributed by atoms with Gasteiger partial charge in [0.2, 0.25) is 10.0 Å². The van der Waals surface area contributed by atoms with Crippen LogP contribution in [0, 0.1) is 6.92 Å². The minimum absolute atomic E-state index is 0.155. The number of hydrogen-bond acceptors (Lipinski definition) is 4. The fourth-order valence-corrected chi connectivity index (χ4v) is 3.64. The summed E-state index contributed by atoms with van der Waals surface area (Å²) in [5.41, 5.74) is 7.71. The van der Waals surface area contributed by atoms with Crippen LogP contribution in [0.5, 0.6) is 0 Å². The molecule has 0 amide bonds. The van der Waals surface area contributed by atoms with E-state index < -0.39 is 10.0 Å². The Bertz CT molecular complexity index is 696. The van der Waals surface area contributed by atoms with Gasteiger partial charge >= 0.3 is 0 Å². The van der Waals surface area contributed by atoms with E-state index in [9.17, 15) is 8.42 Å². The van der Waals surface area contributed by atoms with E-state index in [1.54, 1.807) is 18.3 Å². The maximum absolute atomic E-state index is 12.2. The van der Waals surface area contributed by atoms with Gasteiger partial charge < -0.3 is 5.73 Å². The van der Waals surface area contributed by atoms with Gasteiger partial charge in [-0.15, -0.1) is 0 Å². The molecule has 2 rings (SSSR count). The van der Waals surface area contributed by atoms with Gasteiger partial charge in [0.05, 0.1) is 11.1 Å². The monoisotopic (exact) mass is 344 g/mol. The SMILES string of the molecule is Cc1[nH]ncc1CNS(=O)(=O)c1ccc(N)cc1Br. The van der Waals surface area contributed by atoms with Crippen molar-refractivity contribution in [3.05, 3.63) is 40.1 Å². The number of sulfonamides is 1. The van der Waals surface area contributed by atoms with Crippen molar-refractivity contribution in [3.63, 3.8) is 0 Å². The lowest BCUT2D eigenvalue weighted by molar-refractivity contribution is 0.580. The van der Waals surface area contributed by atoms with Crippen molar-refractivity contribution >= 4 is 31.6 Å². The van der Waals surface area contributed by atoms with Crippen LogP contribution in [0.15, 0.2) is 33.8 Å². The molecule has 0 aliphatic carbocycles. The van der Waals surface area contributed by atoms with E-state index in [4.69, 9.17) is 5.73 Å². The maximum atomic E-state index is 12.2. The van der Waals surface area contributed by atoms with Gasteiger partial charge in [0, 0.05) is 28.0 Å². The maximum Gasteiger partial charge on any atom is 0.241 e. The number of halogens is 1. The number of nitrogens with zero attached hydrogens (tertiary/aromatic N) is 1. The molecule has 0 spiro atoms. The van der Waals surface area contributed by atoms with Crippen molar-refractivity contribution in [3.8, 4) is 0 Å². The van der Waals surface area contributed by atoms with Crippen molar-refractivity contribution < 1.29 is 8.42 Å². The second-order valence-electron chi connectivity index (χ2n) is 4.03. The first kappa shape index (κ1) is 14.0. The van der Waals surface area contributed by atoms with E-state index in [2.05, 4.69) is 30.8 Å². The van der Waals surface area contributed by atoms with E-state index in [1.165, 1.54) is 6.07 Å². The number of hydrogen-bond donors (Lipinski definition) is 3. The zero-order valence-corrected chi connectivity index (χ0v) is 12.5. The Morgan fingerprint density at radius 2 is 2.21 bits per heavy atom. The van der Waals surface area contributed by atoms with Crippen molar-refractivity contribution in [1.29, 1.82) is 0 Å². The quantitative estimate of drug-likeness (QED) is 0.732. The standard InChI is InChI=1S/C11H13BrN4O2S/c1-7-8(5-14-16-7)6-15-19(17,18)11-3-2-9(13)4-10(11)12/h2-5,15H,6,13H2,1H3,(H,14,16). The highest BCUT2D eigenvalue weighted by Crippen LogP contribution is 2.24. The molecule has 0 saturated carbocycles. The lowest BCUT2D eigenvalue weighted by atomic mass is 10.3. The van der Waals surface area contributed by atoms with Crippen LogP contribution in [-0.4, -0.2) is 18.6 Å². The third-order valence-electron chi connectivity index (χ3n) is 2.63. The molecule has 8 heteroatoms. The Labute approximate surface area is 119 Å². The normalized spacial score (nSPS) is 11.7. The molecule has 0 unspecified atom stereocenters. The van der Waals surface area contributed by atoms with Crippen LogP contribution >= 0.6 is 15.9 Å². The Morgan fingerprint density at radius 3 is 2.79 bits per heavy atom. The van der Waals surface area contributed by atoms with E-state index in [-0.39, 0.29) is 11.4 Å². The number of benzene rings is 1. The second-order valence-corrected chi connectivity index (χ2v) is 6.62. The Morgan fingerprint density at radius 1 is 1.47 bits per heavy atom. The zero-order valence-electron chi connectivity index (χ0n) is 10.1. The van der Waals surface area contributed by atoms with E-state index in [1.807, 2.05) is 6.92 Å². The average molecular weight is 345 g/mol. The Hall–Kier alpha value is -1.38. The van der Waals surface area contributed by atoms with Crippen molar-refractivity contribution in [2.45, 2.75) is 18.4 Å². The number of nitrogens with one attached hydrogen (secondary N) is 2. The molecule has 1 heterocycles. The number of aryl methyl sites for hydroxylation is 1. The second kappa shape index (κ2) is 5.32. The number of aromatic nitrogens is 2. The van der Waals surface area contributed by atoms with Crippen LogP contribution in [-0.2, 0) is 16.6 Å². The lowest BCUT2D eigenvalue weighted by Gasteiger charge is -2.08. The fraction of sp³-hybridized carbons (Fsp3) is 0.182. The van der Waals surface area contributed by atoms with Crippen LogP contribution < -0.4 is 10.5 Å². The predicted octanol–water partition coefficient (Wildman–Crippen LogP) is 1.54. The number of nitrogens with two attached hydrogens (primary N) is 1. The minimum Gasteiger partial charge on any atom is -0.399 e. The first-order valence-corrected chi connectivity index (χ1v) is 7.71. The molecule has 0 fully saturated rings. The molecule has 2 aromatic rings. The third-order valence-corrected chi connectivity index (χ3v) is 5.01. The van der Waals surface area contributed by atoms with Gasteiger partial charge in [-0.1, -0.05) is 0 Å². The number of aromatic amines is 1. The largest absolute Gasteiger partial charge is 0.399 e.